The summed E-state index contributed by atoms with van der Waals surface area (Å²) in [5.74, 6) is 0.808. The van der Waals surface area contributed by atoms with Gasteiger partial charge in [-0.25, -0.2) is 4.68 Å². The van der Waals surface area contributed by atoms with Crippen LogP contribution in [0.3, 0.4) is 0 Å². The van der Waals surface area contributed by atoms with E-state index in [4.69, 9.17) is 4.74 Å². The molecular formula is C17H18N2O2S. The molecule has 0 radical (unpaired) electrons. The van der Waals surface area contributed by atoms with Crippen molar-refractivity contribution >= 4 is 11.8 Å². The van der Waals surface area contributed by atoms with Crippen LogP contribution in [-0.2, 0) is 6.42 Å². The highest BCUT2D eigenvalue weighted by atomic mass is 32.2. The van der Waals surface area contributed by atoms with E-state index >= 15 is 0 Å². The minimum atomic E-state index is 0.0131. The first-order valence-electron chi connectivity index (χ1n) is 7.23. The Hall–Kier alpha value is -2.01. The van der Waals surface area contributed by atoms with Crippen molar-refractivity contribution in [3.63, 3.8) is 0 Å². The molecule has 22 heavy (non-hydrogen) atoms. The Labute approximate surface area is 133 Å². The van der Waals surface area contributed by atoms with Crippen LogP contribution < -0.4 is 10.3 Å². The van der Waals surface area contributed by atoms with Crippen LogP contribution in [0.2, 0.25) is 0 Å². The molecule has 0 fully saturated rings. The van der Waals surface area contributed by atoms with Gasteiger partial charge in [0.1, 0.15) is 11.4 Å². The Balaban J connectivity index is 2.22. The number of fused-ring (bicyclic) bond motifs is 1. The molecule has 1 aromatic carbocycles. The lowest BCUT2D eigenvalue weighted by atomic mass is 10.1. The fourth-order valence-electron chi connectivity index (χ4n) is 2.45. The average molecular weight is 314 g/mol. The van der Waals surface area contributed by atoms with Gasteiger partial charge in [0.2, 0.25) is 0 Å². The summed E-state index contributed by atoms with van der Waals surface area (Å²) in [5, 5.41) is 6.64. The highest BCUT2D eigenvalue weighted by Gasteiger charge is 2.20. The highest BCUT2D eigenvalue weighted by Crippen LogP contribution is 2.35. The maximum atomic E-state index is 12.6. The molecule has 0 unspecified atom stereocenters. The lowest BCUT2D eigenvalue weighted by Crippen LogP contribution is -2.29. The predicted octanol–water partition coefficient (Wildman–Crippen LogP) is 3.66. The second kappa shape index (κ2) is 6.01. The van der Waals surface area contributed by atoms with E-state index in [2.05, 4.69) is 5.10 Å². The summed E-state index contributed by atoms with van der Waals surface area (Å²) >= 11 is 1.57. The Bertz CT molecular complexity index is 776. The monoisotopic (exact) mass is 314 g/mol. The molecule has 0 saturated heterocycles. The first-order chi connectivity index (χ1) is 10.6. The van der Waals surface area contributed by atoms with Gasteiger partial charge in [-0.15, -0.1) is 0 Å². The SMILES string of the molecule is COc1ccc(-c2nn(C(C)C)c(=O)c3c2SC=CC3)cc1. The van der Waals surface area contributed by atoms with Crippen LogP contribution in [0.15, 0.2) is 45.4 Å². The molecule has 114 valence electrons. The number of allylic oxidation sites excluding steroid dienone is 1. The zero-order valence-corrected chi connectivity index (χ0v) is 13.7. The molecule has 0 saturated carbocycles. The van der Waals surface area contributed by atoms with Gasteiger partial charge in [-0.05, 0) is 49.9 Å². The largest absolute Gasteiger partial charge is 0.497 e. The van der Waals surface area contributed by atoms with E-state index in [-0.39, 0.29) is 11.6 Å². The van der Waals surface area contributed by atoms with E-state index in [9.17, 15) is 4.79 Å². The molecule has 0 atom stereocenters. The number of ether oxygens (including phenoxy) is 1. The summed E-state index contributed by atoms with van der Waals surface area (Å²) in [6.07, 6.45) is 2.69. The van der Waals surface area contributed by atoms with Crippen molar-refractivity contribution in [2.24, 2.45) is 0 Å². The van der Waals surface area contributed by atoms with E-state index < -0.39 is 0 Å². The molecule has 0 N–H and O–H groups in total. The fraction of sp³-hybridized carbons (Fsp3) is 0.294. The van der Waals surface area contributed by atoms with Crippen LogP contribution in [-0.4, -0.2) is 16.9 Å². The number of aromatic nitrogens is 2. The van der Waals surface area contributed by atoms with Gasteiger partial charge in [0.25, 0.3) is 5.56 Å². The van der Waals surface area contributed by atoms with E-state index in [0.717, 1.165) is 27.5 Å². The molecule has 5 heteroatoms. The Morgan fingerprint density at radius 3 is 2.64 bits per heavy atom. The van der Waals surface area contributed by atoms with Crippen LogP contribution in [0, 0.1) is 0 Å². The van der Waals surface area contributed by atoms with Gasteiger partial charge in [-0.3, -0.25) is 4.79 Å². The van der Waals surface area contributed by atoms with E-state index in [1.165, 1.54) is 0 Å². The van der Waals surface area contributed by atoms with Crippen molar-refractivity contribution in [1.82, 2.24) is 9.78 Å². The van der Waals surface area contributed by atoms with Crippen molar-refractivity contribution < 1.29 is 4.74 Å². The zero-order chi connectivity index (χ0) is 15.7. The molecule has 3 rings (SSSR count). The lowest BCUT2D eigenvalue weighted by Gasteiger charge is -2.18. The predicted molar refractivity (Wildman–Crippen MR) is 89.6 cm³/mol. The number of methoxy groups -OCH3 is 1. The van der Waals surface area contributed by atoms with Gasteiger partial charge < -0.3 is 4.74 Å². The van der Waals surface area contributed by atoms with Gasteiger partial charge in [0.05, 0.1) is 13.2 Å². The fourth-order valence-corrected chi connectivity index (χ4v) is 3.37. The average Bonchev–Trinajstić information content (AvgIpc) is 2.55. The molecule has 0 bridgehead atoms. The maximum absolute atomic E-state index is 12.6. The van der Waals surface area contributed by atoms with Crippen LogP contribution in [0.25, 0.3) is 11.3 Å². The molecule has 1 aliphatic rings. The number of thioether (sulfide) groups is 1. The van der Waals surface area contributed by atoms with E-state index in [0.29, 0.717) is 6.42 Å². The third-order valence-corrected chi connectivity index (χ3v) is 4.62. The van der Waals surface area contributed by atoms with Gasteiger partial charge in [-0.1, -0.05) is 17.8 Å². The molecule has 0 amide bonds. The smallest absolute Gasteiger partial charge is 0.271 e. The summed E-state index contributed by atoms with van der Waals surface area (Å²) < 4.78 is 6.79. The molecule has 2 aromatic rings. The molecule has 0 spiro atoms. The molecule has 1 aromatic heterocycles. The quantitative estimate of drug-likeness (QED) is 0.867. The van der Waals surface area contributed by atoms with E-state index in [1.54, 1.807) is 23.6 Å². The van der Waals surface area contributed by atoms with Crippen molar-refractivity contribution in [3.8, 4) is 17.0 Å². The maximum Gasteiger partial charge on any atom is 0.271 e. The van der Waals surface area contributed by atoms with Gasteiger partial charge in [0.15, 0.2) is 0 Å². The molecule has 4 nitrogen and oxygen atoms in total. The minimum absolute atomic E-state index is 0.0131. The molecule has 0 aliphatic carbocycles. The summed E-state index contributed by atoms with van der Waals surface area (Å²) in [7, 11) is 1.65. The standard InChI is InChI=1S/C17H18N2O2S/c1-11(2)19-17(20)14-5-4-10-22-16(14)15(18-19)12-6-8-13(21-3)9-7-12/h4,6-11H,5H2,1-3H3. The first kappa shape index (κ1) is 14.9. The lowest BCUT2D eigenvalue weighted by molar-refractivity contribution is 0.415. The summed E-state index contributed by atoms with van der Waals surface area (Å²) in [4.78, 5) is 13.5. The normalized spacial score (nSPS) is 13.3. The van der Waals surface area contributed by atoms with Crippen molar-refractivity contribution in [2.75, 3.05) is 7.11 Å². The first-order valence-corrected chi connectivity index (χ1v) is 8.11. The van der Waals surface area contributed by atoms with Gasteiger partial charge >= 0.3 is 0 Å². The zero-order valence-electron chi connectivity index (χ0n) is 12.9. The number of hydrogen-bond donors (Lipinski definition) is 0. The van der Waals surface area contributed by atoms with Crippen molar-refractivity contribution in [1.29, 1.82) is 0 Å². The van der Waals surface area contributed by atoms with Crippen LogP contribution in [0.1, 0.15) is 25.5 Å². The Morgan fingerprint density at radius 2 is 2.00 bits per heavy atom. The minimum Gasteiger partial charge on any atom is -0.497 e. The van der Waals surface area contributed by atoms with Crippen LogP contribution >= 0.6 is 11.8 Å². The Morgan fingerprint density at radius 1 is 1.27 bits per heavy atom. The molecule has 2 heterocycles. The molecular weight excluding hydrogens is 296 g/mol. The van der Waals surface area contributed by atoms with Crippen LogP contribution in [0.5, 0.6) is 5.75 Å². The number of benzene rings is 1. The highest BCUT2D eigenvalue weighted by molar-refractivity contribution is 8.02. The molecule has 1 aliphatic heterocycles. The van der Waals surface area contributed by atoms with Gasteiger partial charge in [0, 0.05) is 16.0 Å². The Kier molecular flexibility index (Phi) is 4.07. The van der Waals surface area contributed by atoms with Gasteiger partial charge in [-0.2, -0.15) is 5.10 Å². The summed E-state index contributed by atoms with van der Waals surface area (Å²) in [5.41, 5.74) is 2.70. The third kappa shape index (κ3) is 2.57. The third-order valence-electron chi connectivity index (χ3n) is 3.62. The van der Waals surface area contributed by atoms with Crippen LogP contribution in [0.4, 0.5) is 0 Å². The van der Waals surface area contributed by atoms with E-state index in [1.807, 2.05) is 49.6 Å². The number of hydrogen-bond acceptors (Lipinski definition) is 4. The number of nitrogens with zero attached hydrogens (tertiary/aromatic N) is 2. The summed E-state index contributed by atoms with van der Waals surface area (Å²) in [6, 6.07) is 7.82. The van der Waals surface area contributed by atoms with Crippen molar-refractivity contribution in [2.45, 2.75) is 31.2 Å². The second-order valence-electron chi connectivity index (χ2n) is 5.42. The number of rotatable bonds is 3. The van der Waals surface area contributed by atoms with Crippen molar-refractivity contribution in [3.05, 3.63) is 51.7 Å². The summed E-state index contributed by atoms with van der Waals surface area (Å²) in [6.45, 7) is 3.95. The topological polar surface area (TPSA) is 44.1 Å². The second-order valence-corrected chi connectivity index (χ2v) is 6.34.